The molecule has 1 unspecified atom stereocenters. The Balaban J connectivity index is 1.92. The molecule has 0 aromatic heterocycles. The van der Waals surface area contributed by atoms with E-state index in [1.54, 1.807) is 0 Å². The number of hydrogen-bond donors (Lipinski definition) is 2. The maximum atomic E-state index is 9.00. The molecule has 1 aromatic carbocycles. The molecule has 1 atom stereocenters. The van der Waals surface area contributed by atoms with Crippen LogP contribution in [0.3, 0.4) is 0 Å². The second-order valence-corrected chi connectivity index (χ2v) is 4.59. The Hall–Kier alpha value is -0.900. The molecule has 3 nitrogen and oxygen atoms in total. The van der Waals surface area contributed by atoms with Crippen molar-refractivity contribution < 1.29 is 5.11 Å². The minimum absolute atomic E-state index is 0.0675. The molecule has 88 valence electrons. The van der Waals surface area contributed by atoms with Crippen LogP contribution in [-0.4, -0.2) is 35.2 Å². The third-order valence-corrected chi connectivity index (χ3v) is 3.00. The molecule has 3 N–H and O–H groups in total. The molecule has 0 heterocycles. The summed E-state index contributed by atoms with van der Waals surface area (Å²) in [5.41, 5.74) is 7.12. The van der Waals surface area contributed by atoms with Crippen molar-refractivity contribution in [2.45, 2.75) is 31.5 Å². The van der Waals surface area contributed by atoms with E-state index in [0.29, 0.717) is 6.04 Å². The summed E-state index contributed by atoms with van der Waals surface area (Å²) in [4.78, 5) is 2.39. The second-order valence-electron chi connectivity index (χ2n) is 4.59. The zero-order valence-electron chi connectivity index (χ0n) is 9.55. The summed E-state index contributed by atoms with van der Waals surface area (Å²) in [6.07, 6.45) is 2.54. The van der Waals surface area contributed by atoms with E-state index < -0.39 is 0 Å². The molecule has 1 aromatic rings. The monoisotopic (exact) mass is 220 g/mol. The minimum Gasteiger partial charge on any atom is -0.395 e. The number of aliphatic hydroxyl groups is 1. The van der Waals surface area contributed by atoms with E-state index in [1.807, 2.05) is 6.07 Å². The molecule has 0 radical (unpaired) electrons. The molecule has 0 amide bonds. The summed E-state index contributed by atoms with van der Waals surface area (Å²) in [6, 6.07) is 11.0. The van der Waals surface area contributed by atoms with Crippen molar-refractivity contribution in [1.82, 2.24) is 4.90 Å². The summed E-state index contributed by atoms with van der Waals surface area (Å²) >= 11 is 0. The van der Waals surface area contributed by atoms with Crippen molar-refractivity contribution in [1.29, 1.82) is 0 Å². The van der Waals surface area contributed by atoms with E-state index in [1.165, 1.54) is 18.4 Å². The van der Waals surface area contributed by atoms with Crippen molar-refractivity contribution in [3.05, 3.63) is 35.9 Å². The fourth-order valence-electron chi connectivity index (χ4n) is 1.96. The number of nitrogens with two attached hydrogens (primary N) is 1. The van der Waals surface area contributed by atoms with Crippen LogP contribution in [0.4, 0.5) is 0 Å². The fraction of sp³-hybridized carbons (Fsp3) is 0.538. The molecule has 1 saturated carbocycles. The molecule has 1 aliphatic rings. The van der Waals surface area contributed by atoms with Gasteiger partial charge in [-0.25, -0.2) is 0 Å². The van der Waals surface area contributed by atoms with Crippen molar-refractivity contribution in [3.63, 3.8) is 0 Å². The van der Waals surface area contributed by atoms with E-state index in [0.717, 1.165) is 13.1 Å². The smallest absolute Gasteiger partial charge is 0.0595 e. The molecule has 1 aliphatic carbocycles. The van der Waals surface area contributed by atoms with Crippen LogP contribution in [0.2, 0.25) is 0 Å². The molecular weight excluding hydrogens is 200 g/mol. The lowest BCUT2D eigenvalue weighted by Gasteiger charge is -2.24. The highest BCUT2D eigenvalue weighted by molar-refractivity contribution is 5.15. The lowest BCUT2D eigenvalue weighted by Crippen LogP contribution is -2.40. The number of rotatable bonds is 6. The van der Waals surface area contributed by atoms with Crippen LogP contribution < -0.4 is 5.73 Å². The van der Waals surface area contributed by atoms with Gasteiger partial charge in [0.05, 0.1) is 6.61 Å². The van der Waals surface area contributed by atoms with Gasteiger partial charge in [-0.3, -0.25) is 4.90 Å². The predicted octanol–water partition coefficient (Wildman–Crippen LogP) is 0.971. The fourth-order valence-corrected chi connectivity index (χ4v) is 1.96. The van der Waals surface area contributed by atoms with Crippen LogP contribution in [0.15, 0.2) is 30.3 Å². The number of aliphatic hydroxyl groups excluding tert-OH is 1. The zero-order chi connectivity index (χ0) is 11.4. The Labute approximate surface area is 96.9 Å². The zero-order valence-corrected chi connectivity index (χ0v) is 9.55. The van der Waals surface area contributed by atoms with E-state index >= 15 is 0 Å². The van der Waals surface area contributed by atoms with Gasteiger partial charge in [-0.2, -0.15) is 0 Å². The predicted molar refractivity (Wildman–Crippen MR) is 64.9 cm³/mol. The highest BCUT2D eigenvalue weighted by Crippen LogP contribution is 2.28. The summed E-state index contributed by atoms with van der Waals surface area (Å²) in [5, 5.41) is 9.00. The molecule has 0 bridgehead atoms. The van der Waals surface area contributed by atoms with Gasteiger partial charge in [-0.1, -0.05) is 30.3 Å². The molecule has 16 heavy (non-hydrogen) atoms. The second kappa shape index (κ2) is 5.43. The Kier molecular flexibility index (Phi) is 3.93. The first-order valence-electron chi connectivity index (χ1n) is 5.94. The Bertz CT molecular complexity index is 311. The van der Waals surface area contributed by atoms with Crippen molar-refractivity contribution in [2.24, 2.45) is 5.73 Å². The molecule has 2 rings (SSSR count). The maximum absolute atomic E-state index is 9.00. The average Bonchev–Trinajstić information content (AvgIpc) is 3.13. The van der Waals surface area contributed by atoms with Gasteiger partial charge in [0, 0.05) is 25.2 Å². The largest absolute Gasteiger partial charge is 0.395 e. The standard InChI is InChI=1S/C13H20N2O/c14-12(10-16)9-15(13-6-7-13)8-11-4-2-1-3-5-11/h1-5,12-13,16H,6-10,14H2. The van der Waals surface area contributed by atoms with Crippen LogP contribution >= 0.6 is 0 Å². The van der Waals surface area contributed by atoms with Gasteiger partial charge >= 0.3 is 0 Å². The van der Waals surface area contributed by atoms with Crippen molar-refractivity contribution >= 4 is 0 Å². The van der Waals surface area contributed by atoms with Crippen LogP contribution in [0.5, 0.6) is 0 Å². The first-order valence-corrected chi connectivity index (χ1v) is 5.94. The Morgan fingerprint density at radius 2 is 2.00 bits per heavy atom. The lowest BCUT2D eigenvalue weighted by molar-refractivity contribution is 0.190. The van der Waals surface area contributed by atoms with E-state index in [-0.39, 0.29) is 12.6 Å². The van der Waals surface area contributed by atoms with Crippen LogP contribution in [0.1, 0.15) is 18.4 Å². The molecule has 3 heteroatoms. The third kappa shape index (κ3) is 3.30. The van der Waals surface area contributed by atoms with Crippen LogP contribution in [0.25, 0.3) is 0 Å². The SMILES string of the molecule is NC(CO)CN(Cc1ccccc1)C1CC1. The number of nitrogens with zero attached hydrogens (tertiary/aromatic N) is 1. The molecule has 0 saturated heterocycles. The highest BCUT2D eigenvalue weighted by Gasteiger charge is 2.29. The van der Waals surface area contributed by atoms with Gasteiger partial charge < -0.3 is 10.8 Å². The Morgan fingerprint density at radius 3 is 2.56 bits per heavy atom. The topological polar surface area (TPSA) is 49.5 Å². The molecule has 0 spiro atoms. The van der Waals surface area contributed by atoms with Gasteiger partial charge in [0.2, 0.25) is 0 Å². The molecule has 0 aliphatic heterocycles. The van der Waals surface area contributed by atoms with Gasteiger partial charge in [0.1, 0.15) is 0 Å². The molecular formula is C13H20N2O. The summed E-state index contributed by atoms with van der Waals surface area (Å²) in [6.45, 7) is 1.80. The first kappa shape index (κ1) is 11.6. The Morgan fingerprint density at radius 1 is 1.31 bits per heavy atom. The quantitative estimate of drug-likeness (QED) is 0.751. The van der Waals surface area contributed by atoms with Gasteiger partial charge in [0.25, 0.3) is 0 Å². The van der Waals surface area contributed by atoms with E-state index in [2.05, 4.69) is 29.2 Å². The maximum Gasteiger partial charge on any atom is 0.0595 e. The molecule has 1 fully saturated rings. The third-order valence-electron chi connectivity index (χ3n) is 3.00. The lowest BCUT2D eigenvalue weighted by atomic mass is 10.2. The summed E-state index contributed by atoms with van der Waals surface area (Å²) in [5.74, 6) is 0. The van der Waals surface area contributed by atoms with Gasteiger partial charge in [-0.15, -0.1) is 0 Å². The summed E-state index contributed by atoms with van der Waals surface area (Å²) in [7, 11) is 0. The van der Waals surface area contributed by atoms with E-state index in [9.17, 15) is 0 Å². The van der Waals surface area contributed by atoms with Crippen LogP contribution in [-0.2, 0) is 6.54 Å². The van der Waals surface area contributed by atoms with Crippen molar-refractivity contribution in [2.75, 3.05) is 13.2 Å². The highest BCUT2D eigenvalue weighted by atomic mass is 16.3. The normalized spacial score (nSPS) is 17.7. The average molecular weight is 220 g/mol. The first-order chi connectivity index (χ1) is 7.79. The summed E-state index contributed by atoms with van der Waals surface area (Å²) < 4.78 is 0. The number of hydrogen-bond acceptors (Lipinski definition) is 3. The van der Waals surface area contributed by atoms with Gasteiger partial charge in [-0.05, 0) is 18.4 Å². The van der Waals surface area contributed by atoms with Gasteiger partial charge in [0.15, 0.2) is 0 Å². The van der Waals surface area contributed by atoms with E-state index in [4.69, 9.17) is 10.8 Å². The minimum atomic E-state index is -0.121. The van der Waals surface area contributed by atoms with Crippen molar-refractivity contribution in [3.8, 4) is 0 Å². The van der Waals surface area contributed by atoms with Crippen LogP contribution in [0, 0.1) is 0 Å². The number of benzene rings is 1.